The van der Waals surface area contributed by atoms with Crippen molar-refractivity contribution >= 4 is 11.8 Å². The zero-order valence-electron chi connectivity index (χ0n) is 16.5. The third-order valence-electron chi connectivity index (χ3n) is 5.17. The van der Waals surface area contributed by atoms with Crippen LogP contribution in [-0.4, -0.2) is 43.5 Å². The van der Waals surface area contributed by atoms with Crippen molar-refractivity contribution in [1.82, 2.24) is 24.8 Å². The maximum atomic E-state index is 14.9. The van der Waals surface area contributed by atoms with E-state index in [2.05, 4.69) is 15.4 Å². The number of rotatable bonds is 6. The number of amides is 1. The predicted molar refractivity (Wildman–Crippen MR) is 111 cm³/mol. The molecular weight excluding hydrogens is 399 g/mol. The van der Waals surface area contributed by atoms with Crippen molar-refractivity contribution in [2.45, 2.75) is 19.2 Å². The van der Waals surface area contributed by atoms with Gasteiger partial charge in [0.05, 0.1) is 31.5 Å². The van der Waals surface area contributed by atoms with Crippen LogP contribution in [0, 0.1) is 5.82 Å². The molecule has 3 heterocycles. The summed E-state index contributed by atoms with van der Waals surface area (Å²) < 4.78 is 23.7. The van der Waals surface area contributed by atoms with Crippen molar-refractivity contribution in [3.8, 4) is 11.1 Å². The van der Waals surface area contributed by atoms with Crippen LogP contribution < -0.4 is 4.90 Å². The molecule has 0 radical (unpaired) electrons. The fourth-order valence-corrected chi connectivity index (χ4v) is 3.64. The van der Waals surface area contributed by atoms with Crippen molar-refractivity contribution < 1.29 is 13.9 Å². The molecule has 0 unspecified atom stereocenters. The van der Waals surface area contributed by atoms with E-state index < -0.39 is 11.9 Å². The molecule has 1 fully saturated rings. The van der Waals surface area contributed by atoms with Crippen molar-refractivity contribution in [2.75, 3.05) is 11.4 Å². The van der Waals surface area contributed by atoms with E-state index in [0.717, 1.165) is 11.1 Å². The van der Waals surface area contributed by atoms with E-state index in [9.17, 15) is 9.18 Å². The van der Waals surface area contributed by atoms with Gasteiger partial charge in [0.25, 0.3) is 0 Å². The highest BCUT2D eigenvalue weighted by Crippen LogP contribution is 2.29. The number of hydrogen-bond acceptors (Lipinski definition) is 5. The van der Waals surface area contributed by atoms with E-state index in [-0.39, 0.29) is 6.10 Å². The van der Waals surface area contributed by atoms with Gasteiger partial charge in [0.1, 0.15) is 11.9 Å². The maximum absolute atomic E-state index is 14.9. The SMILES string of the molecule is O=C1O[C@@H](Cn2ccnn2)CN1c1ccc(-c2ccc(Cn3cccn3)cc2)c(F)c1. The Morgan fingerprint density at radius 2 is 1.94 bits per heavy atom. The first-order valence-electron chi connectivity index (χ1n) is 9.84. The lowest BCUT2D eigenvalue weighted by Gasteiger charge is -2.14. The summed E-state index contributed by atoms with van der Waals surface area (Å²) >= 11 is 0. The van der Waals surface area contributed by atoms with Gasteiger partial charge in [0, 0.05) is 24.2 Å². The van der Waals surface area contributed by atoms with E-state index in [1.807, 2.05) is 41.2 Å². The average molecular weight is 418 g/mol. The molecule has 0 bridgehead atoms. The topological polar surface area (TPSA) is 78.1 Å². The summed E-state index contributed by atoms with van der Waals surface area (Å²) in [5.74, 6) is -0.398. The number of benzene rings is 2. The number of carbonyl (C=O) groups excluding carboxylic acids is 1. The van der Waals surface area contributed by atoms with Crippen LogP contribution in [0.2, 0.25) is 0 Å². The number of halogens is 1. The number of cyclic esters (lactones) is 1. The van der Waals surface area contributed by atoms with Gasteiger partial charge in [-0.25, -0.2) is 13.9 Å². The highest BCUT2D eigenvalue weighted by atomic mass is 19.1. The highest BCUT2D eigenvalue weighted by molar-refractivity contribution is 5.90. The monoisotopic (exact) mass is 418 g/mol. The molecule has 1 atom stereocenters. The molecule has 0 spiro atoms. The van der Waals surface area contributed by atoms with Crippen LogP contribution in [-0.2, 0) is 17.8 Å². The first kappa shape index (κ1) is 19.0. The molecule has 8 nitrogen and oxygen atoms in total. The van der Waals surface area contributed by atoms with E-state index in [0.29, 0.717) is 30.9 Å². The zero-order valence-corrected chi connectivity index (χ0v) is 16.5. The van der Waals surface area contributed by atoms with Gasteiger partial charge in [0.2, 0.25) is 0 Å². The Morgan fingerprint density at radius 1 is 1.06 bits per heavy atom. The minimum absolute atomic E-state index is 0.319. The molecule has 1 saturated heterocycles. The van der Waals surface area contributed by atoms with Gasteiger partial charge in [-0.2, -0.15) is 5.10 Å². The number of anilines is 1. The zero-order chi connectivity index (χ0) is 21.2. The fraction of sp³-hybridized carbons (Fsp3) is 0.182. The van der Waals surface area contributed by atoms with Crippen LogP contribution in [0.15, 0.2) is 73.3 Å². The summed E-state index contributed by atoms with van der Waals surface area (Å²) in [5.41, 5.74) is 2.77. The molecule has 1 aliphatic heterocycles. The van der Waals surface area contributed by atoms with Crippen LogP contribution in [0.3, 0.4) is 0 Å². The molecule has 0 N–H and O–H groups in total. The van der Waals surface area contributed by atoms with Gasteiger partial charge >= 0.3 is 6.09 Å². The Labute approximate surface area is 177 Å². The molecule has 0 saturated carbocycles. The fourth-order valence-electron chi connectivity index (χ4n) is 3.64. The molecule has 1 aliphatic rings. The second kappa shape index (κ2) is 8.02. The second-order valence-electron chi connectivity index (χ2n) is 7.31. The largest absolute Gasteiger partial charge is 0.442 e. The average Bonchev–Trinajstić information content (AvgIpc) is 3.52. The smallest absolute Gasteiger partial charge is 0.414 e. The summed E-state index contributed by atoms with van der Waals surface area (Å²) in [7, 11) is 0. The van der Waals surface area contributed by atoms with Crippen LogP contribution >= 0.6 is 0 Å². The Morgan fingerprint density at radius 3 is 2.65 bits per heavy atom. The molecule has 5 rings (SSSR count). The van der Waals surface area contributed by atoms with Gasteiger partial charge in [-0.3, -0.25) is 9.58 Å². The lowest BCUT2D eigenvalue weighted by Crippen LogP contribution is -2.26. The van der Waals surface area contributed by atoms with E-state index in [1.54, 1.807) is 35.4 Å². The highest BCUT2D eigenvalue weighted by Gasteiger charge is 2.33. The molecular formula is C22H19FN6O2. The van der Waals surface area contributed by atoms with Crippen LogP contribution in [0.25, 0.3) is 11.1 Å². The Hall–Kier alpha value is -4.01. The predicted octanol–water partition coefficient (Wildman–Crippen LogP) is 3.35. The van der Waals surface area contributed by atoms with Crippen molar-refractivity contribution in [2.24, 2.45) is 0 Å². The molecule has 4 aromatic rings. The summed E-state index contributed by atoms with van der Waals surface area (Å²) in [6.07, 6.45) is 6.02. The molecule has 2 aromatic heterocycles. The van der Waals surface area contributed by atoms with Gasteiger partial charge < -0.3 is 4.74 Å². The van der Waals surface area contributed by atoms with Gasteiger partial charge in [0.15, 0.2) is 0 Å². The lowest BCUT2D eigenvalue weighted by atomic mass is 10.0. The molecule has 156 valence electrons. The van der Waals surface area contributed by atoms with E-state index >= 15 is 0 Å². The van der Waals surface area contributed by atoms with E-state index in [4.69, 9.17) is 4.74 Å². The van der Waals surface area contributed by atoms with Crippen molar-refractivity contribution in [3.05, 3.63) is 84.7 Å². The third-order valence-corrected chi connectivity index (χ3v) is 5.17. The van der Waals surface area contributed by atoms with Gasteiger partial charge in [-0.1, -0.05) is 29.5 Å². The number of aromatic nitrogens is 5. The molecule has 9 heteroatoms. The van der Waals surface area contributed by atoms with Crippen LogP contribution in [0.1, 0.15) is 5.56 Å². The normalized spacial score (nSPS) is 16.0. The summed E-state index contributed by atoms with van der Waals surface area (Å²) in [6.45, 7) is 1.37. The molecule has 2 aromatic carbocycles. The minimum Gasteiger partial charge on any atom is -0.442 e. The minimum atomic E-state index is -0.500. The number of ether oxygens (including phenoxy) is 1. The standard InChI is InChI=1S/C22H19FN6O2/c23-21-12-18(29-15-19(31-22(29)30)14-28-11-9-24-26-28)6-7-20(21)17-4-2-16(3-5-17)13-27-10-1-8-25-27/h1-12,19H,13-15H2/t19-/m0/s1. The quantitative estimate of drug-likeness (QED) is 0.480. The third kappa shape index (κ3) is 4.02. The van der Waals surface area contributed by atoms with Crippen LogP contribution in [0.4, 0.5) is 14.9 Å². The Bertz CT molecular complexity index is 1180. The van der Waals surface area contributed by atoms with Gasteiger partial charge in [-0.15, -0.1) is 5.10 Å². The number of carbonyl (C=O) groups is 1. The summed E-state index contributed by atoms with van der Waals surface area (Å²) in [5, 5.41) is 11.8. The molecule has 0 aliphatic carbocycles. The van der Waals surface area contributed by atoms with Gasteiger partial charge in [-0.05, 0) is 35.4 Å². The first-order valence-corrected chi connectivity index (χ1v) is 9.84. The second-order valence-corrected chi connectivity index (χ2v) is 7.31. The number of nitrogens with zero attached hydrogens (tertiary/aromatic N) is 6. The maximum Gasteiger partial charge on any atom is 0.414 e. The molecule has 1 amide bonds. The van der Waals surface area contributed by atoms with Crippen molar-refractivity contribution in [3.63, 3.8) is 0 Å². The summed E-state index contributed by atoms with van der Waals surface area (Å²) in [4.78, 5) is 13.7. The van der Waals surface area contributed by atoms with Crippen LogP contribution in [0.5, 0.6) is 0 Å². The van der Waals surface area contributed by atoms with E-state index in [1.165, 1.54) is 11.0 Å². The first-order chi connectivity index (χ1) is 15.2. The molecule has 31 heavy (non-hydrogen) atoms. The van der Waals surface area contributed by atoms with Crippen molar-refractivity contribution in [1.29, 1.82) is 0 Å². The lowest BCUT2D eigenvalue weighted by molar-refractivity contribution is 0.129. The summed E-state index contributed by atoms with van der Waals surface area (Å²) in [6, 6.07) is 14.3. The Balaban J connectivity index is 1.30. The Kier molecular flexibility index (Phi) is 4.91. The number of hydrogen-bond donors (Lipinski definition) is 0.